The first-order valence-electron chi connectivity index (χ1n) is 8.72. The maximum atomic E-state index is 11.5. The number of nitrogens with zero attached hydrogens (tertiary/aromatic N) is 4. The molecule has 0 fully saturated rings. The molecule has 0 heterocycles. The van der Waals surface area contributed by atoms with Crippen molar-refractivity contribution in [2.45, 2.75) is 26.4 Å². The lowest BCUT2D eigenvalue weighted by Crippen LogP contribution is -2.27. The average Bonchev–Trinajstić information content (AvgIpc) is 2.65. The Labute approximate surface area is 184 Å². The summed E-state index contributed by atoms with van der Waals surface area (Å²) in [6.07, 6.45) is -0.854. The molecule has 2 rings (SSSR count). The summed E-state index contributed by atoms with van der Waals surface area (Å²) in [5, 5.41) is 44.1. The number of hydrogen-bond donors (Lipinski definition) is 2. The summed E-state index contributed by atoms with van der Waals surface area (Å²) >= 11 is 0. The largest absolute Gasteiger partial charge is 0.444 e. The number of nitrogens with two attached hydrogens (primary N) is 1. The van der Waals surface area contributed by atoms with Gasteiger partial charge in [0.1, 0.15) is 5.60 Å². The van der Waals surface area contributed by atoms with Crippen molar-refractivity contribution in [3.63, 3.8) is 0 Å². The lowest BCUT2D eigenvalue weighted by atomic mass is 10.2. The number of nitrogen functional groups attached to an aromatic ring is 1. The van der Waals surface area contributed by atoms with E-state index < -0.39 is 42.8 Å². The lowest BCUT2D eigenvalue weighted by Gasteiger charge is -2.19. The average molecular weight is 466 g/mol. The summed E-state index contributed by atoms with van der Waals surface area (Å²) in [5.41, 5.74) is 2.63. The summed E-state index contributed by atoms with van der Waals surface area (Å²) in [4.78, 5) is 50.4. The zero-order valence-electron chi connectivity index (χ0n) is 17.4. The van der Waals surface area contributed by atoms with Gasteiger partial charge in [-0.2, -0.15) is 0 Å². The van der Waals surface area contributed by atoms with Gasteiger partial charge in [0.25, 0.3) is 22.7 Å². The minimum atomic E-state index is -0.854. The number of nitrogens with one attached hydrogen (secondary N) is 1. The number of ether oxygens (including phenoxy) is 1. The van der Waals surface area contributed by atoms with Crippen LogP contribution in [0.1, 0.15) is 20.8 Å². The molecule has 0 aliphatic rings. The van der Waals surface area contributed by atoms with Crippen molar-refractivity contribution in [3.8, 4) is 0 Å². The van der Waals surface area contributed by atoms with Crippen molar-refractivity contribution in [2.24, 2.45) is 0 Å². The molecule has 0 aliphatic heterocycles. The molecule has 0 spiro atoms. The second kappa shape index (κ2) is 10.4. The van der Waals surface area contributed by atoms with Gasteiger partial charge >= 0.3 is 6.09 Å². The fourth-order valence-electron chi connectivity index (χ4n) is 2.13. The molecule has 3 N–H and O–H groups in total. The number of nitro groups is 4. The molecule has 33 heavy (non-hydrogen) atoms. The first kappa shape index (κ1) is 26.1. The van der Waals surface area contributed by atoms with E-state index in [2.05, 4.69) is 5.32 Å². The SMILES string of the molecule is CC(C)(C)OC(=O)Nc1cc([N+](=O)[O-])cc([N+](=O)[O-])c1.Nc1cc([N+](=O)[O-])cc([N+](=O)[O-])c1. The Balaban J connectivity index is 0.000000361. The van der Waals surface area contributed by atoms with E-state index in [1.54, 1.807) is 20.8 Å². The summed E-state index contributed by atoms with van der Waals surface area (Å²) < 4.78 is 4.95. The Kier molecular flexibility index (Phi) is 8.26. The number of benzene rings is 2. The van der Waals surface area contributed by atoms with Crippen LogP contribution in [0.25, 0.3) is 0 Å². The van der Waals surface area contributed by atoms with Crippen molar-refractivity contribution in [1.82, 2.24) is 0 Å². The molecular weight excluding hydrogens is 448 g/mol. The van der Waals surface area contributed by atoms with Crippen molar-refractivity contribution in [2.75, 3.05) is 11.1 Å². The number of hydrogen-bond acceptors (Lipinski definition) is 11. The molecule has 16 nitrogen and oxygen atoms in total. The van der Waals surface area contributed by atoms with Crippen LogP contribution in [0.4, 0.5) is 38.9 Å². The highest BCUT2D eigenvalue weighted by molar-refractivity contribution is 5.86. The van der Waals surface area contributed by atoms with Gasteiger partial charge in [-0.3, -0.25) is 45.8 Å². The van der Waals surface area contributed by atoms with Crippen LogP contribution in [0.15, 0.2) is 36.4 Å². The van der Waals surface area contributed by atoms with Gasteiger partial charge in [0, 0.05) is 30.0 Å². The number of carbonyl (C=O) groups excluding carboxylic acids is 1. The third-order valence-electron chi connectivity index (χ3n) is 3.32. The molecule has 0 radical (unpaired) electrons. The van der Waals surface area contributed by atoms with Crippen molar-refractivity contribution in [3.05, 3.63) is 76.9 Å². The molecule has 0 saturated heterocycles. The van der Waals surface area contributed by atoms with E-state index in [0.29, 0.717) is 0 Å². The summed E-state index contributed by atoms with van der Waals surface area (Å²) in [6, 6.07) is 5.81. The molecule has 2 aromatic carbocycles. The Hall–Kier alpha value is -4.89. The molecule has 0 saturated carbocycles. The maximum absolute atomic E-state index is 11.5. The highest BCUT2D eigenvalue weighted by atomic mass is 16.6. The third-order valence-corrected chi connectivity index (χ3v) is 3.32. The molecule has 0 unspecified atom stereocenters. The lowest BCUT2D eigenvalue weighted by molar-refractivity contribution is -0.394. The van der Waals surface area contributed by atoms with Crippen molar-refractivity contribution in [1.29, 1.82) is 0 Å². The monoisotopic (exact) mass is 466 g/mol. The van der Waals surface area contributed by atoms with E-state index in [1.165, 1.54) is 0 Å². The van der Waals surface area contributed by atoms with E-state index in [0.717, 1.165) is 36.4 Å². The van der Waals surface area contributed by atoms with Gasteiger partial charge in [0.15, 0.2) is 0 Å². The third kappa shape index (κ3) is 8.79. The quantitative estimate of drug-likeness (QED) is 0.363. The van der Waals surface area contributed by atoms with Crippen LogP contribution in [0.2, 0.25) is 0 Å². The summed E-state index contributed by atoms with van der Waals surface area (Å²) in [7, 11) is 0. The Morgan fingerprint density at radius 2 is 1.09 bits per heavy atom. The van der Waals surface area contributed by atoms with E-state index in [4.69, 9.17) is 10.5 Å². The number of amides is 1. The number of non-ortho nitro benzene ring substituents is 4. The molecule has 16 heteroatoms. The predicted molar refractivity (Wildman–Crippen MR) is 114 cm³/mol. The topological polar surface area (TPSA) is 237 Å². The van der Waals surface area contributed by atoms with Gasteiger partial charge in [-0.05, 0) is 20.8 Å². The Morgan fingerprint density at radius 3 is 1.39 bits per heavy atom. The number of nitro benzene ring substituents is 4. The highest BCUT2D eigenvalue weighted by Crippen LogP contribution is 2.26. The van der Waals surface area contributed by atoms with Crippen LogP contribution >= 0.6 is 0 Å². The van der Waals surface area contributed by atoms with Gasteiger partial charge in [0.05, 0.1) is 37.5 Å². The number of carbonyl (C=O) groups is 1. The van der Waals surface area contributed by atoms with E-state index >= 15 is 0 Å². The molecule has 2 aromatic rings. The second-order valence-electron chi connectivity index (χ2n) is 7.18. The minimum absolute atomic E-state index is 0.000833. The first-order chi connectivity index (χ1) is 15.1. The normalized spacial score (nSPS) is 10.3. The van der Waals surface area contributed by atoms with Crippen LogP contribution in [0.5, 0.6) is 0 Å². The van der Waals surface area contributed by atoms with Crippen molar-refractivity contribution < 1.29 is 29.2 Å². The second-order valence-corrected chi connectivity index (χ2v) is 7.18. The van der Waals surface area contributed by atoms with Gasteiger partial charge < -0.3 is 10.5 Å². The summed E-state index contributed by atoms with van der Waals surface area (Å²) in [5.74, 6) is 0. The Bertz CT molecular complexity index is 1050. The fourth-order valence-corrected chi connectivity index (χ4v) is 2.13. The zero-order valence-corrected chi connectivity index (χ0v) is 17.4. The summed E-state index contributed by atoms with van der Waals surface area (Å²) in [6.45, 7) is 4.92. The van der Waals surface area contributed by atoms with Crippen LogP contribution < -0.4 is 11.1 Å². The molecule has 176 valence electrons. The molecule has 1 amide bonds. The van der Waals surface area contributed by atoms with Gasteiger partial charge in [-0.1, -0.05) is 0 Å². The molecule has 0 aliphatic carbocycles. The smallest absolute Gasteiger partial charge is 0.412 e. The Morgan fingerprint density at radius 1 is 0.758 bits per heavy atom. The van der Waals surface area contributed by atoms with Gasteiger partial charge in [-0.25, -0.2) is 4.79 Å². The van der Waals surface area contributed by atoms with Crippen LogP contribution in [-0.2, 0) is 4.74 Å². The van der Waals surface area contributed by atoms with Gasteiger partial charge in [0.2, 0.25) is 0 Å². The fraction of sp³-hybridized carbons (Fsp3) is 0.235. The molecule has 0 atom stereocenters. The minimum Gasteiger partial charge on any atom is -0.444 e. The highest BCUT2D eigenvalue weighted by Gasteiger charge is 2.20. The van der Waals surface area contributed by atoms with Crippen molar-refractivity contribution >= 4 is 40.2 Å². The molecule has 0 bridgehead atoms. The zero-order chi connectivity index (χ0) is 25.5. The number of anilines is 2. The van der Waals surface area contributed by atoms with E-state index in [1.807, 2.05) is 0 Å². The van der Waals surface area contributed by atoms with Crippen LogP contribution in [-0.4, -0.2) is 31.4 Å². The predicted octanol–water partition coefficient (Wildman–Crippen LogP) is 3.94. The van der Waals surface area contributed by atoms with Crippen LogP contribution in [0, 0.1) is 40.5 Å². The maximum Gasteiger partial charge on any atom is 0.412 e. The standard InChI is InChI=1S/C11H13N3O6.C6H5N3O4/c1-11(2,3)20-10(15)12-7-4-8(13(16)17)6-9(5-7)14(18)19;7-4-1-5(8(10)11)3-6(2-4)9(12)13/h4-6H,1-3H3,(H,12,15);1-3H,7H2. The molecule has 0 aromatic heterocycles. The molecular formula is C17H18N6O10. The van der Waals surface area contributed by atoms with Crippen LogP contribution in [0.3, 0.4) is 0 Å². The van der Waals surface area contributed by atoms with E-state index in [9.17, 15) is 45.3 Å². The van der Waals surface area contributed by atoms with Gasteiger partial charge in [-0.15, -0.1) is 0 Å². The number of rotatable bonds is 5. The van der Waals surface area contributed by atoms with E-state index in [-0.39, 0.29) is 22.7 Å². The first-order valence-corrected chi connectivity index (χ1v) is 8.72.